The zero-order chi connectivity index (χ0) is 28.0. The Bertz CT molecular complexity index is 1410. The van der Waals surface area contributed by atoms with Crippen molar-refractivity contribution in [1.29, 1.82) is 0 Å². The number of hydrogen-bond donors (Lipinski definition) is 1. The van der Waals surface area contributed by atoms with Crippen LogP contribution in [0.3, 0.4) is 0 Å². The molecule has 8 nitrogen and oxygen atoms in total. The van der Waals surface area contributed by atoms with Crippen molar-refractivity contribution in [2.24, 2.45) is 0 Å². The van der Waals surface area contributed by atoms with Crippen molar-refractivity contribution >= 4 is 43.5 Å². The first-order chi connectivity index (χ1) is 18.0. The molecular weight excluding hydrogens is 570 g/mol. The molecule has 0 saturated carbocycles. The average Bonchev–Trinajstić information content (AvgIpc) is 2.89. The number of carbonyl (C=O) groups excluding carboxylic acids is 2. The summed E-state index contributed by atoms with van der Waals surface area (Å²) in [5.74, 6) is -0.389. The van der Waals surface area contributed by atoms with Gasteiger partial charge in [0.15, 0.2) is 0 Å². The van der Waals surface area contributed by atoms with Crippen LogP contribution in [-0.4, -0.2) is 51.9 Å². The number of benzene rings is 3. The first-order valence-electron chi connectivity index (χ1n) is 12.0. The van der Waals surface area contributed by atoms with Crippen LogP contribution in [0.1, 0.15) is 23.6 Å². The maximum atomic E-state index is 13.9. The number of aryl methyl sites for hydroxylation is 2. The number of sulfonamides is 1. The maximum Gasteiger partial charge on any atom is 0.264 e. The third-order valence-electron chi connectivity index (χ3n) is 6.16. The Morgan fingerprint density at radius 3 is 2.26 bits per heavy atom. The van der Waals surface area contributed by atoms with Gasteiger partial charge >= 0.3 is 0 Å². The van der Waals surface area contributed by atoms with Crippen molar-refractivity contribution in [2.75, 3.05) is 25.0 Å². The van der Waals surface area contributed by atoms with E-state index in [0.717, 1.165) is 21.0 Å². The van der Waals surface area contributed by atoms with Crippen molar-refractivity contribution < 1.29 is 22.7 Å². The number of rotatable bonds is 10. The fraction of sp³-hybridized carbons (Fsp3) is 0.286. The van der Waals surface area contributed by atoms with Gasteiger partial charge in [0, 0.05) is 13.6 Å². The molecular formula is C28H32BrN3O5S. The van der Waals surface area contributed by atoms with Crippen LogP contribution in [0.2, 0.25) is 0 Å². The molecule has 0 unspecified atom stereocenters. The van der Waals surface area contributed by atoms with Crippen LogP contribution < -0.4 is 14.4 Å². The average molecular weight is 603 g/mol. The van der Waals surface area contributed by atoms with Crippen molar-refractivity contribution in [2.45, 2.75) is 38.3 Å². The van der Waals surface area contributed by atoms with E-state index in [1.165, 1.54) is 31.2 Å². The van der Waals surface area contributed by atoms with Crippen LogP contribution in [0.5, 0.6) is 5.75 Å². The van der Waals surface area contributed by atoms with Crippen molar-refractivity contribution in [3.8, 4) is 5.75 Å². The summed E-state index contributed by atoms with van der Waals surface area (Å²) in [6, 6.07) is 18.1. The van der Waals surface area contributed by atoms with Gasteiger partial charge in [0.05, 0.1) is 22.2 Å². The Morgan fingerprint density at radius 2 is 1.68 bits per heavy atom. The normalized spacial score (nSPS) is 11.9. The number of hydrogen-bond acceptors (Lipinski definition) is 5. The predicted octanol–water partition coefficient (Wildman–Crippen LogP) is 4.43. The first kappa shape index (κ1) is 29.2. The highest BCUT2D eigenvalue weighted by Crippen LogP contribution is 2.31. The number of anilines is 1. The molecule has 3 rings (SSSR count). The van der Waals surface area contributed by atoms with Gasteiger partial charge in [-0.1, -0.05) is 47.5 Å². The molecule has 0 saturated heterocycles. The van der Waals surface area contributed by atoms with E-state index < -0.39 is 28.5 Å². The lowest BCUT2D eigenvalue weighted by Gasteiger charge is -2.32. The molecule has 0 spiro atoms. The molecule has 1 atom stereocenters. The number of carbonyl (C=O) groups is 2. The second-order valence-electron chi connectivity index (χ2n) is 8.94. The molecule has 202 valence electrons. The summed E-state index contributed by atoms with van der Waals surface area (Å²) in [7, 11) is -1.19. The molecule has 38 heavy (non-hydrogen) atoms. The number of halogens is 1. The van der Waals surface area contributed by atoms with Gasteiger partial charge in [0.1, 0.15) is 18.3 Å². The molecule has 0 aliphatic rings. The minimum absolute atomic E-state index is 0.0110. The molecule has 3 aromatic carbocycles. The Hall–Kier alpha value is -3.37. The third-order valence-corrected chi connectivity index (χ3v) is 8.55. The quantitative estimate of drug-likeness (QED) is 0.371. The predicted molar refractivity (Wildman–Crippen MR) is 152 cm³/mol. The molecule has 0 aliphatic heterocycles. The summed E-state index contributed by atoms with van der Waals surface area (Å²) in [4.78, 5) is 27.8. The number of likely N-dealkylation sites (N-methyl/N-ethyl adjacent to an activating group) is 1. The molecule has 0 aliphatic carbocycles. The lowest BCUT2D eigenvalue weighted by molar-refractivity contribution is -0.139. The van der Waals surface area contributed by atoms with E-state index in [1.54, 1.807) is 37.3 Å². The van der Waals surface area contributed by atoms with E-state index in [9.17, 15) is 18.0 Å². The molecule has 10 heteroatoms. The smallest absolute Gasteiger partial charge is 0.264 e. The topological polar surface area (TPSA) is 96.0 Å². The number of methoxy groups -OCH3 is 1. The van der Waals surface area contributed by atoms with Crippen LogP contribution in [0.25, 0.3) is 0 Å². The molecule has 0 heterocycles. The number of amides is 2. The highest BCUT2D eigenvalue weighted by atomic mass is 79.9. The summed E-state index contributed by atoms with van der Waals surface area (Å²) in [6.07, 6.45) is 0. The summed E-state index contributed by atoms with van der Waals surface area (Å²) >= 11 is 3.35. The van der Waals surface area contributed by atoms with Crippen LogP contribution >= 0.6 is 15.9 Å². The zero-order valence-corrected chi connectivity index (χ0v) is 24.5. The van der Waals surface area contributed by atoms with Gasteiger partial charge < -0.3 is 15.0 Å². The van der Waals surface area contributed by atoms with Gasteiger partial charge in [-0.25, -0.2) is 8.42 Å². The van der Waals surface area contributed by atoms with Crippen molar-refractivity contribution in [3.63, 3.8) is 0 Å². The Balaban J connectivity index is 2.05. The van der Waals surface area contributed by atoms with Crippen LogP contribution in [0.15, 0.2) is 76.1 Å². The summed E-state index contributed by atoms with van der Waals surface area (Å²) in [5, 5.41) is 2.58. The van der Waals surface area contributed by atoms with E-state index in [4.69, 9.17) is 4.74 Å². The minimum Gasteiger partial charge on any atom is -0.496 e. The molecule has 3 aromatic rings. The van der Waals surface area contributed by atoms with E-state index >= 15 is 0 Å². The van der Waals surface area contributed by atoms with Gasteiger partial charge in [0.2, 0.25) is 11.8 Å². The highest BCUT2D eigenvalue weighted by Gasteiger charge is 2.32. The molecule has 0 aromatic heterocycles. The fourth-order valence-corrected chi connectivity index (χ4v) is 6.11. The second-order valence-corrected chi connectivity index (χ2v) is 11.7. The van der Waals surface area contributed by atoms with Crippen molar-refractivity contribution in [3.05, 3.63) is 87.9 Å². The monoisotopic (exact) mass is 601 g/mol. The molecule has 2 amide bonds. The van der Waals surface area contributed by atoms with Gasteiger partial charge in [-0.3, -0.25) is 13.9 Å². The van der Waals surface area contributed by atoms with Gasteiger partial charge in [-0.15, -0.1) is 0 Å². The molecule has 0 fully saturated rings. The maximum absolute atomic E-state index is 13.9. The van der Waals surface area contributed by atoms with Crippen molar-refractivity contribution in [1.82, 2.24) is 10.2 Å². The van der Waals surface area contributed by atoms with E-state index in [-0.39, 0.29) is 17.3 Å². The largest absolute Gasteiger partial charge is 0.496 e. The van der Waals surface area contributed by atoms with Crippen LogP contribution in [0.4, 0.5) is 5.69 Å². The molecule has 1 N–H and O–H groups in total. The highest BCUT2D eigenvalue weighted by molar-refractivity contribution is 9.10. The summed E-state index contributed by atoms with van der Waals surface area (Å²) < 4.78 is 34.6. The van der Waals surface area contributed by atoms with E-state index in [2.05, 4.69) is 21.2 Å². The lowest BCUT2D eigenvalue weighted by Crippen LogP contribution is -2.50. The van der Waals surface area contributed by atoms with Crippen LogP contribution in [0, 0.1) is 13.8 Å². The fourth-order valence-electron chi connectivity index (χ4n) is 3.97. The molecule has 0 radical (unpaired) electrons. The second kappa shape index (κ2) is 12.4. The zero-order valence-electron chi connectivity index (χ0n) is 22.1. The summed E-state index contributed by atoms with van der Waals surface area (Å²) in [5.41, 5.74) is 3.12. The van der Waals surface area contributed by atoms with Gasteiger partial charge in [-0.05, 0) is 72.6 Å². The number of ether oxygens (including phenoxy) is 1. The van der Waals surface area contributed by atoms with E-state index in [0.29, 0.717) is 15.9 Å². The molecule has 0 bridgehead atoms. The minimum atomic E-state index is -4.17. The van der Waals surface area contributed by atoms with Gasteiger partial charge in [-0.2, -0.15) is 0 Å². The standard InChI is InChI=1S/C28H32BrN3O5S/c1-19-9-11-23(12-10-19)32(38(35,36)24-13-14-26(37-5)25(29)16-24)18-27(33)31(21(3)28(34)30-4)17-22-8-6-7-20(2)15-22/h6-16,21H,17-18H2,1-5H3,(H,30,34)/t21-/m1/s1. The Morgan fingerprint density at radius 1 is 1.00 bits per heavy atom. The van der Waals surface area contributed by atoms with E-state index in [1.807, 2.05) is 38.1 Å². The number of nitrogens with zero attached hydrogens (tertiary/aromatic N) is 2. The Kier molecular flexibility index (Phi) is 9.56. The summed E-state index contributed by atoms with van der Waals surface area (Å²) in [6.45, 7) is 5.10. The third kappa shape index (κ3) is 6.73. The Labute approximate surface area is 232 Å². The van der Waals surface area contributed by atoms with Crippen LogP contribution in [-0.2, 0) is 26.2 Å². The number of nitrogens with one attached hydrogen (secondary N) is 1. The SMILES string of the molecule is CNC(=O)[C@@H](C)N(Cc1cccc(C)c1)C(=O)CN(c1ccc(C)cc1)S(=O)(=O)c1ccc(OC)c(Br)c1. The lowest BCUT2D eigenvalue weighted by atomic mass is 10.1. The van der Waals surface area contributed by atoms with Gasteiger partial charge in [0.25, 0.3) is 10.0 Å². The first-order valence-corrected chi connectivity index (χ1v) is 14.2.